The van der Waals surface area contributed by atoms with Crippen LogP contribution in [0, 0.1) is 5.92 Å². The summed E-state index contributed by atoms with van der Waals surface area (Å²) in [4.78, 5) is 26.0. The largest absolute Gasteiger partial charge is 0.492 e. The molecule has 7 nitrogen and oxygen atoms in total. The summed E-state index contributed by atoms with van der Waals surface area (Å²) < 4.78 is 11.2. The van der Waals surface area contributed by atoms with Gasteiger partial charge in [-0.3, -0.25) is 0 Å². The van der Waals surface area contributed by atoms with E-state index in [0.29, 0.717) is 43.9 Å². The van der Waals surface area contributed by atoms with Gasteiger partial charge >= 0.3 is 12.0 Å². The predicted octanol–water partition coefficient (Wildman–Crippen LogP) is 4.49. The number of rotatable bonds is 14. The summed E-state index contributed by atoms with van der Waals surface area (Å²) in [5.41, 5.74) is 0.879. The van der Waals surface area contributed by atoms with Gasteiger partial charge in [0.1, 0.15) is 12.4 Å². The molecule has 1 aromatic rings. The predicted molar refractivity (Wildman–Crippen MR) is 125 cm³/mol. The second-order valence-corrected chi connectivity index (χ2v) is 8.54. The number of carbonyl (C=O) groups is 2. The third-order valence-corrected chi connectivity index (χ3v) is 6.22. The highest BCUT2D eigenvalue weighted by atomic mass is 16.5. The zero-order valence-electron chi connectivity index (χ0n) is 19.8. The van der Waals surface area contributed by atoms with Crippen LogP contribution >= 0.6 is 0 Å². The van der Waals surface area contributed by atoms with E-state index in [2.05, 4.69) is 19.2 Å². The van der Waals surface area contributed by atoms with Gasteiger partial charge < -0.3 is 24.8 Å². The zero-order valence-corrected chi connectivity index (χ0v) is 19.8. The molecule has 2 amide bonds. The Labute approximate surface area is 192 Å². The first-order valence-corrected chi connectivity index (χ1v) is 12.1. The minimum atomic E-state index is -0.958. The summed E-state index contributed by atoms with van der Waals surface area (Å²) in [7, 11) is 0. The number of hydrogen-bond acceptors (Lipinski definition) is 4. The number of nitrogens with one attached hydrogen (secondary N) is 1. The smallest absolute Gasteiger partial charge is 0.333 e. The number of carboxylic acid groups (broad SMARTS) is 1. The maximum absolute atomic E-state index is 12.9. The zero-order chi connectivity index (χ0) is 23.3. The van der Waals surface area contributed by atoms with Crippen LogP contribution < -0.4 is 10.1 Å². The van der Waals surface area contributed by atoms with Gasteiger partial charge in [0.15, 0.2) is 6.10 Å². The number of amides is 2. The lowest BCUT2D eigenvalue weighted by Gasteiger charge is -2.28. The van der Waals surface area contributed by atoms with Crippen molar-refractivity contribution in [1.29, 1.82) is 0 Å². The molecule has 1 unspecified atom stereocenters. The fourth-order valence-electron chi connectivity index (χ4n) is 4.10. The highest BCUT2D eigenvalue weighted by Gasteiger charge is 2.22. The van der Waals surface area contributed by atoms with E-state index in [0.717, 1.165) is 37.8 Å². The lowest BCUT2D eigenvalue weighted by Crippen LogP contribution is -2.47. The Hall–Kier alpha value is -2.28. The monoisotopic (exact) mass is 448 g/mol. The number of carboxylic acids is 1. The summed E-state index contributed by atoms with van der Waals surface area (Å²) in [6, 6.07) is 7.71. The van der Waals surface area contributed by atoms with Crippen molar-refractivity contribution in [1.82, 2.24) is 10.2 Å². The van der Waals surface area contributed by atoms with E-state index in [1.54, 1.807) is 6.92 Å². The molecule has 180 valence electrons. The molecule has 0 heterocycles. The normalized spacial score (nSPS) is 15.0. The van der Waals surface area contributed by atoms with Crippen molar-refractivity contribution in [3.63, 3.8) is 0 Å². The quantitative estimate of drug-likeness (QED) is 0.438. The Morgan fingerprint density at radius 3 is 2.34 bits per heavy atom. The maximum Gasteiger partial charge on any atom is 0.333 e. The van der Waals surface area contributed by atoms with Gasteiger partial charge in [-0.05, 0) is 43.4 Å². The standard InChI is InChI=1S/C25H40N2O5/c1-4-19(5-2)18-27(25(30)26-21-9-7-8-10-21)15-16-32-22-13-11-20(12-14-22)17-23(24(28)29)31-6-3/h11-14,19,21,23H,4-10,15-18H2,1-3H3,(H,26,30)(H,28,29). The van der Waals surface area contributed by atoms with Crippen LogP contribution in [0.3, 0.4) is 0 Å². The molecule has 1 saturated carbocycles. The van der Waals surface area contributed by atoms with Gasteiger partial charge in [-0.15, -0.1) is 0 Å². The lowest BCUT2D eigenvalue weighted by molar-refractivity contribution is -0.149. The number of aliphatic carboxylic acids is 1. The molecule has 2 N–H and O–H groups in total. The molecular weight excluding hydrogens is 408 g/mol. The molecular formula is C25H40N2O5. The van der Waals surface area contributed by atoms with E-state index >= 15 is 0 Å². The molecule has 1 atom stereocenters. The summed E-state index contributed by atoms with van der Waals surface area (Å²) >= 11 is 0. The van der Waals surface area contributed by atoms with Crippen LogP contribution in [0.4, 0.5) is 4.79 Å². The second kappa shape index (κ2) is 14.0. The van der Waals surface area contributed by atoms with Crippen LogP contribution in [0.25, 0.3) is 0 Å². The van der Waals surface area contributed by atoms with Gasteiger partial charge in [0.2, 0.25) is 0 Å². The molecule has 0 saturated heterocycles. The molecule has 1 fully saturated rings. The Kier molecular flexibility index (Phi) is 11.4. The van der Waals surface area contributed by atoms with Crippen LogP contribution in [-0.4, -0.2) is 60.5 Å². The second-order valence-electron chi connectivity index (χ2n) is 8.54. The number of nitrogens with zero attached hydrogens (tertiary/aromatic N) is 1. The maximum atomic E-state index is 12.9. The topological polar surface area (TPSA) is 88.1 Å². The molecule has 0 aromatic heterocycles. The highest BCUT2D eigenvalue weighted by molar-refractivity contribution is 5.74. The van der Waals surface area contributed by atoms with Gasteiger partial charge in [-0.25, -0.2) is 9.59 Å². The van der Waals surface area contributed by atoms with Crippen molar-refractivity contribution in [3.8, 4) is 5.75 Å². The summed E-state index contributed by atoms with van der Waals surface area (Å²) in [6.07, 6.45) is 6.08. The van der Waals surface area contributed by atoms with Crippen molar-refractivity contribution < 1.29 is 24.2 Å². The molecule has 0 bridgehead atoms. The van der Waals surface area contributed by atoms with Crippen LogP contribution in [0.5, 0.6) is 5.75 Å². The summed E-state index contributed by atoms with van der Waals surface area (Å²) in [6.45, 7) is 8.16. The first kappa shape index (κ1) is 26.0. The number of benzene rings is 1. The average molecular weight is 449 g/mol. The highest BCUT2D eigenvalue weighted by Crippen LogP contribution is 2.19. The molecule has 32 heavy (non-hydrogen) atoms. The van der Waals surface area contributed by atoms with Gasteiger partial charge in [0.05, 0.1) is 6.54 Å². The van der Waals surface area contributed by atoms with E-state index < -0.39 is 12.1 Å². The van der Waals surface area contributed by atoms with Crippen LogP contribution in [-0.2, 0) is 16.0 Å². The summed E-state index contributed by atoms with van der Waals surface area (Å²) in [5.74, 6) is 0.229. The number of hydrogen-bond donors (Lipinski definition) is 2. The molecule has 1 aliphatic carbocycles. The van der Waals surface area contributed by atoms with Crippen molar-refractivity contribution in [3.05, 3.63) is 29.8 Å². The first-order chi connectivity index (χ1) is 15.5. The first-order valence-electron chi connectivity index (χ1n) is 12.1. The number of carbonyl (C=O) groups excluding carboxylic acids is 1. The van der Waals surface area contributed by atoms with E-state index in [-0.39, 0.29) is 6.03 Å². The minimum absolute atomic E-state index is 0.0124. The molecule has 2 rings (SSSR count). The van der Waals surface area contributed by atoms with Gasteiger partial charge in [-0.2, -0.15) is 0 Å². The van der Waals surface area contributed by atoms with Crippen molar-refractivity contribution in [2.45, 2.75) is 77.9 Å². The fourth-order valence-corrected chi connectivity index (χ4v) is 4.10. The van der Waals surface area contributed by atoms with Gasteiger partial charge in [0, 0.05) is 25.6 Å². The molecule has 1 aromatic carbocycles. The van der Waals surface area contributed by atoms with E-state index in [1.807, 2.05) is 29.2 Å². The molecule has 7 heteroatoms. The average Bonchev–Trinajstić information content (AvgIpc) is 3.29. The third kappa shape index (κ3) is 8.69. The van der Waals surface area contributed by atoms with E-state index in [9.17, 15) is 14.7 Å². The van der Waals surface area contributed by atoms with Crippen LogP contribution in [0.1, 0.15) is 64.9 Å². The lowest BCUT2D eigenvalue weighted by atomic mass is 10.0. The molecule has 0 spiro atoms. The van der Waals surface area contributed by atoms with Crippen LogP contribution in [0.2, 0.25) is 0 Å². The third-order valence-electron chi connectivity index (χ3n) is 6.22. The van der Waals surface area contributed by atoms with E-state index in [4.69, 9.17) is 9.47 Å². The fraction of sp³-hybridized carbons (Fsp3) is 0.680. The summed E-state index contributed by atoms with van der Waals surface area (Å²) in [5, 5.41) is 12.4. The Balaban J connectivity index is 1.88. The molecule has 0 radical (unpaired) electrons. The van der Waals surface area contributed by atoms with Gasteiger partial charge in [-0.1, -0.05) is 51.7 Å². The van der Waals surface area contributed by atoms with Crippen molar-refractivity contribution in [2.24, 2.45) is 5.92 Å². The SMILES string of the molecule is CCOC(Cc1ccc(OCCN(CC(CC)CC)C(=O)NC2CCCC2)cc1)C(=O)O. The minimum Gasteiger partial charge on any atom is -0.492 e. The van der Waals surface area contributed by atoms with Crippen molar-refractivity contribution in [2.75, 3.05) is 26.3 Å². The molecule has 0 aliphatic heterocycles. The Morgan fingerprint density at radius 2 is 1.78 bits per heavy atom. The van der Waals surface area contributed by atoms with Crippen molar-refractivity contribution >= 4 is 12.0 Å². The molecule has 1 aliphatic rings. The number of urea groups is 1. The Morgan fingerprint density at radius 1 is 1.12 bits per heavy atom. The van der Waals surface area contributed by atoms with E-state index in [1.165, 1.54) is 12.8 Å². The number of ether oxygens (including phenoxy) is 2. The van der Waals surface area contributed by atoms with Crippen LogP contribution in [0.15, 0.2) is 24.3 Å². The Bertz CT molecular complexity index is 684. The van der Waals surface area contributed by atoms with Gasteiger partial charge in [0.25, 0.3) is 0 Å².